The molecule has 1 aromatic rings. The van der Waals surface area contributed by atoms with Crippen LogP contribution in [-0.2, 0) is 4.79 Å². The summed E-state index contributed by atoms with van der Waals surface area (Å²) >= 11 is 0. The molecular formula is C11H14N2O4. The number of nitrogens with one attached hydrogen (secondary N) is 1. The van der Waals surface area contributed by atoms with Crippen LogP contribution in [0.15, 0.2) is 18.2 Å². The van der Waals surface area contributed by atoms with E-state index in [1.54, 1.807) is 13.0 Å². The largest absolute Gasteiger partial charge is 0.388 e. The highest BCUT2D eigenvalue weighted by atomic mass is 16.6. The number of aliphatic hydroxyl groups is 1. The van der Waals surface area contributed by atoms with Crippen molar-refractivity contribution < 1.29 is 14.8 Å². The average Bonchev–Trinajstić information content (AvgIpc) is 2.27. The van der Waals surface area contributed by atoms with Crippen LogP contribution in [-0.4, -0.2) is 15.9 Å². The molecule has 2 N–H and O–H groups in total. The van der Waals surface area contributed by atoms with E-state index in [2.05, 4.69) is 5.32 Å². The zero-order valence-electron chi connectivity index (χ0n) is 9.64. The standard InChI is InChI=1S/C11H14N2O4/c1-3-11(15)8-4-5-9(12-7(2)14)10(6-8)13(16)17/h4-6,11,15H,3H2,1-2H3,(H,12,14). The summed E-state index contributed by atoms with van der Waals surface area (Å²) in [6.45, 7) is 3.05. The highest BCUT2D eigenvalue weighted by molar-refractivity contribution is 5.91. The van der Waals surface area contributed by atoms with E-state index in [4.69, 9.17) is 0 Å². The first kappa shape index (κ1) is 13.1. The Kier molecular flexibility index (Phi) is 4.17. The number of anilines is 1. The summed E-state index contributed by atoms with van der Waals surface area (Å²) in [5.41, 5.74) is 0.382. The maximum Gasteiger partial charge on any atom is 0.293 e. The molecule has 0 heterocycles. The van der Waals surface area contributed by atoms with Crippen molar-refractivity contribution in [2.75, 3.05) is 5.32 Å². The fraction of sp³-hybridized carbons (Fsp3) is 0.364. The average molecular weight is 238 g/mol. The predicted octanol–water partition coefficient (Wildman–Crippen LogP) is 2.00. The van der Waals surface area contributed by atoms with Gasteiger partial charge in [-0.15, -0.1) is 0 Å². The smallest absolute Gasteiger partial charge is 0.293 e. The van der Waals surface area contributed by atoms with Crippen molar-refractivity contribution in [1.82, 2.24) is 0 Å². The molecule has 17 heavy (non-hydrogen) atoms. The fourth-order valence-electron chi connectivity index (χ4n) is 1.44. The van der Waals surface area contributed by atoms with Crippen molar-refractivity contribution in [3.05, 3.63) is 33.9 Å². The van der Waals surface area contributed by atoms with Crippen LogP contribution in [0.5, 0.6) is 0 Å². The SMILES string of the molecule is CCC(O)c1ccc(NC(C)=O)c([N+](=O)[O-])c1. The zero-order chi connectivity index (χ0) is 13.0. The van der Waals surface area contributed by atoms with Crippen molar-refractivity contribution in [2.24, 2.45) is 0 Å². The van der Waals surface area contributed by atoms with E-state index in [-0.39, 0.29) is 17.3 Å². The normalized spacial score (nSPS) is 11.9. The lowest BCUT2D eigenvalue weighted by molar-refractivity contribution is -0.384. The van der Waals surface area contributed by atoms with Crippen LogP contribution < -0.4 is 5.32 Å². The minimum absolute atomic E-state index is 0.134. The minimum atomic E-state index is -0.736. The van der Waals surface area contributed by atoms with Crippen LogP contribution in [0.3, 0.4) is 0 Å². The van der Waals surface area contributed by atoms with Gasteiger partial charge in [0.05, 0.1) is 11.0 Å². The number of rotatable bonds is 4. The molecule has 0 saturated heterocycles. The second-order valence-corrected chi connectivity index (χ2v) is 3.64. The summed E-state index contributed by atoms with van der Waals surface area (Å²) < 4.78 is 0. The number of hydrogen-bond acceptors (Lipinski definition) is 4. The Morgan fingerprint density at radius 3 is 2.71 bits per heavy atom. The highest BCUT2D eigenvalue weighted by Crippen LogP contribution is 2.29. The van der Waals surface area contributed by atoms with Crippen LogP contribution >= 0.6 is 0 Å². The third-order valence-electron chi connectivity index (χ3n) is 2.30. The van der Waals surface area contributed by atoms with E-state index >= 15 is 0 Å². The first-order chi connectivity index (χ1) is 7.95. The molecule has 1 unspecified atom stereocenters. The fourth-order valence-corrected chi connectivity index (χ4v) is 1.44. The molecule has 6 heteroatoms. The quantitative estimate of drug-likeness (QED) is 0.619. The molecule has 1 amide bonds. The summed E-state index contributed by atoms with van der Waals surface area (Å²) in [5, 5.41) is 22.8. The van der Waals surface area contributed by atoms with Crippen molar-refractivity contribution in [3.8, 4) is 0 Å². The Hall–Kier alpha value is -1.95. The number of aliphatic hydroxyl groups excluding tert-OH is 1. The molecule has 0 fully saturated rings. The third-order valence-corrected chi connectivity index (χ3v) is 2.30. The molecule has 0 saturated carbocycles. The van der Waals surface area contributed by atoms with E-state index in [1.807, 2.05) is 0 Å². The molecule has 0 aliphatic carbocycles. The van der Waals surface area contributed by atoms with Gasteiger partial charge in [-0.25, -0.2) is 0 Å². The molecule has 0 aromatic heterocycles. The van der Waals surface area contributed by atoms with Crippen molar-refractivity contribution >= 4 is 17.3 Å². The number of nitro benzene ring substituents is 1. The lowest BCUT2D eigenvalue weighted by Crippen LogP contribution is -2.08. The van der Waals surface area contributed by atoms with Crippen LogP contribution in [0, 0.1) is 10.1 Å². The number of amides is 1. The van der Waals surface area contributed by atoms with Crippen LogP contribution in [0.4, 0.5) is 11.4 Å². The lowest BCUT2D eigenvalue weighted by Gasteiger charge is -2.10. The van der Waals surface area contributed by atoms with Crippen molar-refractivity contribution in [1.29, 1.82) is 0 Å². The van der Waals surface area contributed by atoms with Gasteiger partial charge in [-0.05, 0) is 18.1 Å². The Morgan fingerprint density at radius 2 is 2.24 bits per heavy atom. The first-order valence-electron chi connectivity index (χ1n) is 5.19. The van der Waals surface area contributed by atoms with Gasteiger partial charge in [0.25, 0.3) is 5.69 Å². The Bertz CT molecular complexity index is 445. The number of carbonyl (C=O) groups excluding carboxylic acids is 1. The summed E-state index contributed by atoms with van der Waals surface area (Å²) in [6.07, 6.45) is -0.267. The molecule has 0 radical (unpaired) electrons. The van der Waals surface area contributed by atoms with Gasteiger partial charge in [-0.3, -0.25) is 14.9 Å². The van der Waals surface area contributed by atoms with Crippen LogP contribution in [0.1, 0.15) is 31.9 Å². The van der Waals surface area contributed by atoms with Crippen LogP contribution in [0.2, 0.25) is 0 Å². The summed E-state index contributed by atoms with van der Waals surface area (Å²) in [6, 6.07) is 4.26. The molecule has 0 aliphatic heterocycles. The number of benzene rings is 1. The van der Waals surface area contributed by atoms with Crippen molar-refractivity contribution in [3.63, 3.8) is 0 Å². The summed E-state index contributed by atoms with van der Waals surface area (Å²) in [5.74, 6) is -0.378. The number of hydrogen-bond donors (Lipinski definition) is 2. The van der Waals surface area contributed by atoms with E-state index < -0.39 is 11.0 Å². The zero-order valence-corrected chi connectivity index (χ0v) is 9.64. The maximum absolute atomic E-state index is 10.9. The van der Waals surface area contributed by atoms with E-state index in [0.717, 1.165) is 0 Å². The Labute approximate surface area is 98.4 Å². The van der Waals surface area contributed by atoms with Gasteiger partial charge in [-0.1, -0.05) is 13.0 Å². The molecule has 0 spiro atoms. The Balaban J connectivity index is 3.17. The summed E-state index contributed by atoms with van der Waals surface area (Å²) in [4.78, 5) is 21.1. The summed E-state index contributed by atoms with van der Waals surface area (Å²) in [7, 11) is 0. The van der Waals surface area contributed by atoms with E-state index in [9.17, 15) is 20.0 Å². The first-order valence-corrected chi connectivity index (χ1v) is 5.19. The van der Waals surface area contributed by atoms with Crippen molar-refractivity contribution in [2.45, 2.75) is 26.4 Å². The molecule has 6 nitrogen and oxygen atoms in total. The van der Waals surface area contributed by atoms with Gasteiger partial charge in [0, 0.05) is 13.0 Å². The van der Waals surface area contributed by atoms with Gasteiger partial charge in [0.2, 0.25) is 5.91 Å². The Morgan fingerprint density at radius 1 is 1.59 bits per heavy atom. The molecule has 1 atom stereocenters. The molecule has 0 aliphatic rings. The van der Waals surface area contributed by atoms with Gasteiger partial charge in [-0.2, -0.15) is 0 Å². The second kappa shape index (κ2) is 5.40. The topological polar surface area (TPSA) is 92.5 Å². The van der Waals surface area contributed by atoms with E-state index in [1.165, 1.54) is 19.1 Å². The third kappa shape index (κ3) is 3.25. The maximum atomic E-state index is 10.9. The van der Waals surface area contributed by atoms with E-state index in [0.29, 0.717) is 12.0 Å². The minimum Gasteiger partial charge on any atom is -0.388 e. The van der Waals surface area contributed by atoms with Gasteiger partial charge >= 0.3 is 0 Å². The van der Waals surface area contributed by atoms with Gasteiger partial charge in [0.15, 0.2) is 0 Å². The molecule has 92 valence electrons. The number of nitrogens with zero attached hydrogens (tertiary/aromatic N) is 1. The monoisotopic (exact) mass is 238 g/mol. The molecule has 1 rings (SSSR count). The predicted molar refractivity (Wildman–Crippen MR) is 62.7 cm³/mol. The number of carbonyl (C=O) groups is 1. The molecule has 0 bridgehead atoms. The van der Waals surface area contributed by atoms with Gasteiger partial charge in [0.1, 0.15) is 5.69 Å². The highest BCUT2D eigenvalue weighted by Gasteiger charge is 2.17. The van der Waals surface area contributed by atoms with Gasteiger partial charge < -0.3 is 10.4 Å². The number of nitro groups is 1. The molecular weight excluding hydrogens is 224 g/mol. The molecule has 1 aromatic carbocycles. The second-order valence-electron chi connectivity index (χ2n) is 3.64. The lowest BCUT2D eigenvalue weighted by atomic mass is 10.1. The van der Waals surface area contributed by atoms with Crippen LogP contribution in [0.25, 0.3) is 0 Å².